The fraction of sp³-hybridized carbons (Fsp3) is 0.833. The summed E-state index contributed by atoms with van der Waals surface area (Å²) in [6, 6.07) is 0. The van der Waals surface area contributed by atoms with Crippen LogP contribution in [0.3, 0.4) is 0 Å². The van der Waals surface area contributed by atoms with Crippen molar-refractivity contribution < 1.29 is 14.3 Å². The molecule has 0 rings (SSSR count). The average Bonchev–Trinajstić information content (AvgIpc) is 1.91. The zero-order valence-electron chi connectivity index (χ0n) is 6.51. The Morgan fingerprint density at radius 2 is 2.00 bits per heavy atom. The topological polar surface area (TPSA) is 47.6 Å². The third-order valence-electron chi connectivity index (χ3n) is 1.04. The summed E-state index contributed by atoms with van der Waals surface area (Å²) in [5.74, 6) is -0.104. The molecule has 0 aliphatic heterocycles. The van der Waals surface area contributed by atoms with Crippen molar-refractivity contribution in [3.8, 4) is 0 Å². The molecule has 0 unspecified atom stereocenters. The first-order valence-corrected chi connectivity index (χ1v) is 2.99. The van der Waals surface area contributed by atoms with Crippen LogP contribution >= 0.6 is 0 Å². The van der Waals surface area contributed by atoms with E-state index in [-0.39, 0.29) is 12.3 Å². The molecule has 0 aromatic heterocycles. The fourth-order valence-electron chi connectivity index (χ4n) is 0.617. The van der Waals surface area contributed by atoms with Crippen LogP contribution in [0.1, 0.15) is 0 Å². The quantitative estimate of drug-likeness (QED) is 0.527. The van der Waals surface area contributed by atoms with Gasteiger partial charge in [0, 0.05) is 14.2 Å². The van der Waals surface area contributed by atoms with Gasteiger partial charge < -0.3 is 14.8 Å². The van der Waals surface area contributed by atoms with Gasteiger partial charge in [-0.25, -0.2) is 0 Å². The molecule has 0 aliphatic carbocycles. The minimum absolute atomic E-state index is 0.104. The number of carbonyl (C=O) groups is 1. The summed E-state index contributed by atoms with van der Waals surface area (Å²) in [7, 11) is 4.56. The zero-order chi connectivity index (χ0) is 7.98. The molecule has 4 nitrogen and oxygen atoms in total. The third kappa shape index (κ3) is 2.91. The number of Topliss-reactive ketones (excluding diaryl/α,β-unsaturated/α-hetero) is 1. The zero-order valence-corrected chi connectivity index (χ0v) is 6.51. The summed E-state index contributed by atoms with van der Waals surface area (Å²) >= 11 is 0. The molecule has 0 saturated carbocycles. The van der Waals surface area contributed by atoms with Crippen LogP contribution in [0, 0.1) is 0 Å². The Labute approximate surface area is 60.5 Å². The molecule has 0 saturated heterocycles. The summed E-state index contributed by atoms with van der Waals surface area (Å²) in [5, 5.41) is 2.71. The van der Waals surface area contributed by atoms with Crippen LogP contribution in [0.4, 0.5) is 0 Å². The summed E-state index contributed by atoms with van der Waals surface area (Å²) in [6.45, 7) is 0.270. The molecule has 0 fully saturated rings. The van der Waals surface area contributed by atoms with E-state index in [0.717, 1.165) is 0 Å². The lowest BCUT2D eigenvalue weighted by Crippen LogP contribution is -2.32. The molecule has 0 aromatic carbocycles. The van der Waals surface area contributed by atoms with E-state index in [2.05, 4.69) is 5.32 Å². The minimum Gasteiger partial charge on any atom is -0.349 e. The summed E-state index contributed by atoms with van der Waals surface area (Å²) in [4.78, 5) is 10.9. The first-order chi connectivity index (χ1) is 4.76. The predicted molar refractivity (Wildman–Crippen MR) is 36.7 cm³/mol. The van der Waals surface area contributed by atoms with Crippen LogP contribution in [0.25, 0.3) is 0 Å². The van der Waals surface area contributed by atoms with Gasteiger partial charge in [-0.15, -0.1) is 0 Å². The molecule has 0 aromatic rings. The summed E-state index contributed by atoms with van der Waals surface area (Å²) in [6.07, 6.45) is -0.729. The number of methoxy groups -OCH3 is 2. The van der Waals surface area contributed by atoms with E-state index in [1.165, 1.54) is 14.2 Å². The largest absolute Gasteiger partial charge is 0.349 e. The number of likely N-dealkylation sites (N-methyl/N-ethyl adjacent to an activating group) is 1. The molecule has 0 spiro atoms. The van der Waals surface area contributed by atoms with E-state index in [1.807, 2.05) is 0 Å². The lowest BCUT2D eigenvalue weighted by atomic mass is 10.4. The molecule has 0 heterocycles. The number of carbonyl (C=O) groups excluding carboxylic acids is 1. The molecule has 60 valence electrons. The van der Waals surface area contributed by atoms with Gasteiger partial charge in [0.25, 0.3) is 0 Å². The number of rotatable bonds is 5. The number of hydrogen-bond acceptors (Lipinski definition) is 4. The monoisotopic (exact) mass is 147 g/mol. The number of hydrogen-bond donors (Lipinski definition) is 1. The van der Waals surface area contributed by atoms with Crippen LogP contribution in [0.15, 0.2) is 0 Å². The van der Waals surface area contributed by atoms with Crippen molar-refractivity contribution in [1.29, 1.82) is 0 Å². The lowest BCUT2D eigenvalue weighted by molar-refractivity contribution is -0.155. The van der Waals surface area contributed by atoms with Crippen LogP contribution in [0.2, 0.25) is 0 Å². The summed E-state index contributed by atoms with van der Waals surface area (Å²) < 4.78 is 9.40. The van der Waals surface area contributed by atoms with Crippen LogP contribution in [0.5, 0.6) is 0 Å². The molecular weight excluding hydrogens is 134 g/mol. The fourth-order valence-corrected chi connectivity index (χ4v) is 0.617. The number of ketones is 1. The van der Waals surface area contributed by atoms with Crippen LogP contribution in [-0.2, 0) is 14.3 Å². The van der Waals surface area contributed by atoms with Gasteiger partial charge in [0.2, 0.25) is 12.1 Å². The SMILES string of the molecule is CNCC(=O)C(OC)OC. The molecule has 0 amide bonds. The molecule has 0 aliphatic rings. The molecule has 0 radical (unpaired) electrons. The van der Waals surface area contributed by atoms with E-state index in [1.54, 1.807) is 7.05 Å². The molecule has 0 atom stereocenters. The average molecular weight is 147 g/mol. The van der Waals surface area contributed by atoms with Crippen molar-refractivity contribution in [3.63, 3.8) is 0 Å². The van der Waals surface area contributed by atoms with E-state index >= 15 is 0 Å². The maximum Gasteiger partial charge on any atom is 0.218 e. The van der Waals surface area contributed by atoms with Crippen molar-refractivity contribution in [2.24, 2.45) is 0 Å². The highest BCUT2D eigenvalue weighted by molar-refractivity contribution is 5.83. The van der Waals surface area contributed by atoms with E-state index in [0.29, 0.717) is 0 Å². The Hall–Kier alpha value is -0.450. The van der Waals surface area contributed by atoms with E-state index < -0.39 is 6.29 Å². The maximum atomic E-state index is 10.9. The van der Waals surface area contributed by atoms with Gasteiger partial charge in [0.05, 0.1) is 6.54 Å². The van der Waals surface area contributed by atoms with Crippen molar-refractivity contribution in [3.05, 3.63) is 0 Å². The summed E-state index contributed by atoms with van der Waals surface area (Å²) in [5.41, 5.74) is 0. The molecule has 4 heteroatoms. The molecule has 0 bridgehead atoms. The minimum atomic E-state index is -0.729. The van der Waals surface area contributed by atoms with Gasteiger partial charge in [-0.1, -0.05) is 0 Å². The van der Waals surface area contributed by atoms with E-state index in [4.69, 9.17) is 9.47 Å². The first kappa shape index (κ1) is 9.55. The Morgan fingerprint density at radius 3 is 2.30 bits per heavy atom. The van der Waals surface area contributed by atoms with Crippen molar-refractivity contribution in [2.45, 2.75) is 6.29 Å². The lowest BCUT2D eigenvalue weighted by Gasteiger charge is -2.10. The van der Waals surface area contributed by atoms with Crippen molar-refractivity contribution in [1.82, 2.24) is 5.32 Å². The second-order valence-corrected chi connectivity index (χ2v) is 1.80. The second kappa shape index (κ2) is 5.34. The highest BCUT2D eigenvalue weighted by Gasteiger charge is 2.14. The molecular formula is C6H13NO3. The number of nitrogens with one attached hydrogen (secondary N) is 1. The first-order valence-electron chi connectivity index (χ1n) is 2.99. The second-order valence-electron chi connectivity index (χ2n) is 1.80. The third-order valence-corrected chi connectivity index (χ3v) is 1.04. The van der Waals surface area contributed by atoms with Gasteiger partial charge in [-0.05, 0) is 7.05 Å². The highest BCUT2D eigenvalue weighted by atomic mass is 16.7. The smallest absolute Gasteiger partial charge is 0.218 e. The van der Waals surface area contributed by atoms with Gasteiger partial charge in [0.15, 0.2) is 0 Å². The Bertz CT molecular complexity index is 101. The van der Waals surface area contributed by atoms with Crippen LogP contribution < -0.4 is 5.32 Å². The van der Waals surface area contributed by atoms with Crippen molar-refractivity contribution in [2.75, 3.05) is 27.8 Å². The van der Waals surface area contributed by atoms with Crippen LogP contribution in [-0.4, -0.2) is 39.9 Å². The maximum absolute atomic E-state index is 10.9. The van der Waals surface area contributed by atoms with Gasteiger partial charge in [-0.2, -0.15) is 0 Å². The number of ether oxygens (including phenoxy) is 2. The molecule has 10 heavy (non-hydrogen) atoms. The van der Waals surface area contributed by atoms with Gasteiger partial charge in [-0.3, -0.25) is 4.79 Å². The van der Waals surface area contributed by atoms with Gasteiger partial charge >= 0.3 is 0 Å². The Balaban J connectivity index is 3.65. The molecule has 1 N–H and O–H groups in total. The Kier molecular flexibility index (Phi) is 5.10. The predicted octanol–water partition coefficient (Wildman–Crippen LogP) is -0.606. The van der Waals surface area contributed by atoms with E-state index in [9.17, 15) is 4.79 Å². The standard InChI is InChI=1S/C6H13NO3/c1-7-4-5(8)6(9-2)10-3/h6-7H,4H2,1-3H3. The Morgan fingerprint density at radius 1 is 1.50 bits per heavy atom. The normalized spacial score (nSPS) is 10.4. The highest BCUT2D eigenvalue weighted by Crippen LogP contribution is 1.90. The van der Waals surface area contributed by atoms with Crippen molar-refractivity contribution >= 4 is 5.78 Å². The van der Waals surface area contributed by atoms with Gasteiger partial charge in [0.1, 0.15) is 0 Å².